The molecular formula is C54H33NO. The topological polar surface area (TPSA) is 36.9 Å². The van der Waals surface area contributed by atoms with Crippen LogP contribution in [0.2, 0.25) is 0 Å². The van der Waals surface area contributed by atoms with E-state index in [4.69, 9.17) is 4.42 Å². The van der Waals surface area contributed by atoms with Gasteiger partial charge in [-0.2, -0.15) is 5.26 Å². The number of para-hydroxylation sites is 1. The normalized spacial score (nSPS) is 12.4. The minimum atomic E-state index is 0.666. The van der Waals surface area contributed by atoms with Crippen LogP contribution in [0.1, 0.15) is 23.1 Å². The summed E-state index contributed by atoms with van der Waals surface area (Å²) in [5.41, 5.74) is 13.7. The van der Waals surface area contributed by atoms with Gasteiger partial charge in [-0.15, -0.1) is 0 Å². The predicted octanol–water partition coefficient (Wildman–Crippen LogP) is 15.0. The summed E-state index contributed by atoms with van der Waals surface area (Å²) in [6.07, 6.45) is 9.75. The molecule has 9 aromatic carbocycles. The molecule has 11 rings (SSSR count). The molecule has 1 heterocycles. The summed E-state index contributed by atoms with van der Waals surface area (Å²) in [6.45, 7) is 0. The van der Waals surface area contributed by atoms with Crippen LogP contribution in [-0.2, 0) is 0 Å². The van der Waals surface area contributed by atoms with Crippen molar-refractivity contribution in [2.45, 2.75) is 6.42 Å². The van der Waals surface area contributed by atoms with Crippen LogP contribution in [0.4, 0.5) is 0 Å². The lowest BCUT2D eigenvalue weighted by molar-refractivity contribution is 0.670. The fourth-order valence-corrected chi connectivity index (χ4v) is 9.16. The SMILES string of the molecule is N#Cc1ccccc1-c1c2c(c(-c3cccc4c3oc3ccc(-c5c6ccccc6c(-c6ccccc6)c6ccccc56)cc34)c3ccccc13)C=CCC=C2. The van der Waals surface area contributed by atoms with Crippen molar-refractivity contribution in [2.75, 3.05) is 0 Å². The molecule has 1 aliphatic carbocycles. The van der Waals surface area contributed by atoms with E-state index in [2.05, 4.69) is 176 Å². The Morgan fingerprint density at radius 2 is 0.911 bits per heavy atom. The molecular weight excluding hydrogens is 679 g/mol. The van der Waals surface area contributed by atoms with E-state index < -0.39 is 0 Å². The summed E-state index contributed by atoms with van der Waals surface area (Å²) in [6, 6.07) is 60.6. The maximum atomic E-state index is 10.2. The van der Waals surface area contributed by atoms with Gasteiger partial charge in [-0.05, 0) is 95.9 Å². The molecule has 260 valence electrons. The molecule has 10 aromatic rings. The van der Waals surface area contributed by atoms with Gasteiger partial charge in [-0.1, -0.05) is 170 Å². The Bertz CT molecular complexity index is 3280. The lowest BCUT2D eigenvalue weighted by Gasteiger charge is -2.20. The fraction of sp³-hybridized carbons (Fsp3) is 0.0185. The standard InChI is InChI=1S/C54H33NO/c55-33-36-18-7-8-19-37(36)52-42-20-5-2-6-21-44(42)53(45-27-14-13-26-43(45)52)47-29-15-28-46-48-32-35(30-31-49(48)56-54(46)47)51-40-24-11-9-22-38(40)50(34-16-3-1-4-17-34)39-23-10-12-25-41(39)51/h1,3-32H,2H2. The van der Waals surface area contributed by atoms with E-state index in [9.17, 15) is 5.26 Å². The number of nitriles is 1. The lowest BCUT2D eigenvalue weighted by Crippen LogP contribution is -1.97. The van der Waals surface area contributed by atoms with Gasteiger partial charge in [0.25, 0.3) is 0 Å². The Morgan fingerprint density at radius 1 is 0.411 bits per heavy atom. The van der Waals surface area contributed by atoms with E-state index >= 15 is 0 Å². The average molecular weight is 712 g/mol. The minimum absolute atomic E-state index is 0.666. The highest BCUT2D eigenvalue weighted by Crippen LogP contribution is 2.49. The Hall–Kier alpha value is -7.47. The van der Waals surface area contributed by atoms with E-state index in [1.54, 1.807) is 0 Å². The van der Waals surface area contributed by atoms with Crippen LogP contribution in [0, 0.1) is 11.3 Å². The zero-order chi connectivity index (χ0) is 37.2. The zero-order valence-corrected chi connectivity index (χ0v) is 30.5. The molecule has 0 atom stereocenters. The highest BCUT2D eigenvalue weighted by Gasteiger charge is 2.24. The molecule has 0 saturated heterocycles. The quantitative estimate of drug-likeness (QED) is 0.170. The van der Waals surface area contributed by atoms with Crippen LogP contribution in [0.3, 0.4) is 0 Å². The molecule has 0 spiro atoms. The largest absolute Gasteiger partial charge is 0.455 e. The van der Waals surface area contributed by atoms with E-state index in [0.717, 1.165) is 78.1 Å². The van der Waals surface area contributed by atoms with E-state index in [-0.39, 0.29) is 0 Å². The summed E-state index contributed by atoms with van der Waals surface area (Å²) < 4.78 is 6.92. The van der Waals surface area contributed by atoms with Crippen molar-refractivity contribution < 1.29 is 4.42 Å². The maximum absolute atomic E-state index is 10.2. The van der Waals surface area contributed by atoms with E-state index in [0.29, 0.717) is 5.56 Å². The average Bonchev–Trinajstić information content (AvgIpc) is 3.46. The summed E-state index contributed by atoms with van der Waals surface area (Å²) in [4.78, 5) is 0. The van der Waals surface area contributed by atoms with Crippen LogP contribution in [0.25, 0.3) is 111 Å². The van der Waals surface area contributed by atoms with Gasteiger partial charge in [0, 0.05) is 27.5 Å². The zero-order valence-electron chi connectivity index (χ0n) is 30.5. The number of hydrogen-bond acceptors (Lipinski definition) is 2. The number of benzene rings is 9. The molecule has 0 radical (unpaired) electrons. The number of furan rings is 1. The van der Waals surface area contributed by atoms with Gasteiger partial charge >= 0.3 is 0 Å². The number of hydrogen-bond donors (Lipinski definition) is 0. The smallest absolute Gasteiger partial charge is 0.143 e. The number of rotatable bonds is 4. The van der Waals surface area contributed by atoms with E-state index in [1.807, 2.05) is 18.2 Å². The van der Waals surface area contributed by atoms with Gasteiger partial charge in [0.15, 0.2) is 0 Å². The molecule has 0 aliphatic heterocycles. The third kappa shape index (κ3) is 4.82. The molecule has 0 amide bonds. The Balaban J connectivity index is 1.18. The van der Waals surface area contributed by atoms with Crippen molar-refractivity contribution in [3.05, 3.63) is 193 Å². The predicted molar refractivity (Wildman–Crippen MR) is 235 cm³/mol. The Kier molecular flexibility index (Phi) is 7.34. The number of allylic oxidation sites excluding steroid dienone is 2. The molecule has 0 fully saturated rings. The van der Waals surface area contributed by atoms with Crippen LogP contribution < -0.4 is 0 Å². The van der Waals surface area contributed by atoms with Crippen molar-refractivity contribution in [3.8, 4) is 50.6 Å². The summed E-state index contributed by atoms with van der Waals surface area (Å²) in [5.74, 6) is 0. The first kappa shape index (κ1) is 32.0. The molecule has 2 nitrogen and oxygen atoms in total. The summed E-state index contributed by atoms with van der Waals surface area (Å²) >= 11 is 0. The van der Waals surface area contributed by atoms with Crippen molar-refractivity contribution in [2.24, 2.45) is 0 Å². The van der Waals surface area contributed by atoms with Crippen LogP contribution in [0.5, 0.6) is 0 Å². The van der Waals surface area contributed by atoms with Gasteiger partial charge in [-0.25, -0.2) is 0 Å². The third-order valence-corrected chi connectivity index (χ3v) is 11.5. The highest BCUT2D eigenvalue weighted by molar-refractivity contribution is 6.23. The molecule has 56 heavy (non-hydrogen) atoms. The van der Waals surface area contributed by atoms with Gasteiger partial charge in [0.2, 0.25) is 0 Å². The fourth-order valence-electron chi connectivity index (χ4n) is 9.16. The molecule has 1 aliphatic rings. The van der Waals surface area contributed by atoms with Crippen LogP contribution >= 0.6 is 0 Å². The first-order valence-corrected chi connectivity index (χ1v) is 19.1. The second-order valence-corrected chi connectivity index (χ2v) is 14.5. The van der Waals surface area contributed by atoms with Crippen molar-refractivity contribution in [1.82, 2.24) is 0 Å². The monoisotopic (exact) mass is 711 g/mol. The molecule has 0 N–H and O–H groups in total. The molecule has 2 heteroatoms. The second kappa shape index (κ2) is 12.8. The number of nitrogens with zero attached hydrogens (tertiary/aromatic N) is 1. The van der Waals surface area contributed by atoms with Gasteiger partial charge in [0.1, 0.15) is 11.2 Å². The lowest BCUT2D eigenvalue weighted by atomic mass is 9.82. The maximum Gasteiger partial charge on any atom is 0.143 e. The van der Waals surface area contributed by atoms with Crippen molar-refractivity contribution >= 4 is 66.4 Å². The van der Waals surface area contributed by atoms with Crippen LogP contribution in [-0.4, -0.2) is 0 Å². The summed E-state index contributed by atoms with van der Waals surface area (Å²) in [5, 5.41) is 19.5. The van der Waals surface area contributed by atoms with Gasteiger partial charge in [-0.3, -0.25) is 0 Å². The molecule has 0 saturated carbocycles. The Morgan fingerprint density at radius 3 is 1.54 bits per heavy atom. The minimum Gasteiger partial charge on any atom is -0.455 e. The first-order valence-electron chi connectivity index (χ1n) is 19.1. The van der Waals surface area contributed by atoms with Crippen molar-refractivity contribution in [3.63, 3.8) is 0 Å². The number of fused-ring (bicyclic) bond motifs is 7. The molecule has 1 aromatic heterocycles. The van der Waals surface area contributed by atoms with Crippen molar-refractivity contribution in [1.29, 1.82) is 5.26 Å². The van der Waals surface area contributed by atoms with Gasteiger partial charge < -0.3 is 4.42 Å². The molecule has 0 unspecified atom stereocenters. The highest BCUT2D eigenvalue weighted by atomic mass is 16.3. The third-order valence-electron chi connectivity index (χ3n) is 11.5. The molecule has 0 bridgehead atoms. The van der Waals surface area contributed by atoms with Gasteiger partial charge in [0.05, 0.1) is 11.6 Å². The summed E-state index contributed by atoms with van der Waals surface area (Å²) in [7, 11) is 0. The van der Waals surface area contributed by atoms with E-state index in [1.165, 1.54) is 38.2 Å². The Labute approximate surface area is 324 Å². The second-order valence-electron chi connectivity index (χ2n) is 14.5. The first-order chi connectivity index (χ1) is 27.8. The van der Waals surface area contributed by atoms with Crippen LogP contribution in [0.15, 0.2) is 180 Å².